The van der Waals surface area contributed by atoms with Crippen LogP contribution >= 0.6 is 0 Å². The lowest BCUT2D eigenvalue weighted by Crippen LogP contribution is -2.18. The zero-order valence-corrected chi connectivity index (χ0v) is 9.49. The van der Waals surface area contributed by atoms with E-state index < -0.39 is 0 Å². The number of hydrogen-bond acceptors (Lipinski definition) is 5. The fourth-order valence-electron chi connectivity index (χ4n) is 0.749. The van der Waals surface area contributed by atoms with Crippen molar-refractivity contribution in [1.29, 1.82) is 0 Å². The SMILES string of the molecule is CCC(O)=CNN=CC(=O)CCC(=O)NC. The number of nitrogens with one attached hydrogen (secondary N) is 2. The Kier molecular flexibility index (Phi) is 7.48. The lowest BCUT2D eigenvalue weighted by atomic mass is 10.2. The predicted octanol–water partition coefficient (Wildman–Crippen LogP) is 0.466. The van der Waals surface area contributed by atoms with Gasteiger partial charge in [0.1, 0.15) is 5.76 Å². The van der Waals surface area contributed by atoms with Gasteiger partial charge in [0, 0.05) is 26.3 Å². The van der Waals surface area contributed by atoms with E-state index in [-0.39, 0.29) is 30.3 Å². The molecule has 0 aliphatic carbocycles. The first-order chi connectivity index (χ1) is 7.60. The highest BCUT2D eigenvalue weighted by Gasteiger charge is 2.02. The van der Waals surface area contributed by atoms with Crippen molar-refractivity contribution in [3.8, 4) is 0 Å². The molecule has 0 saturated heterocycles. The van der Waals surface area contributed by atoms with Crippen molar-refractivity contribution >= 4 is 17.9 Å². The van der Waals surface area contributed by atoms with E-state index in [1.165, 1.54) is 13.2 Å². The van der Waals surface area contributed by atoms with Crippen molar-refractivity contribution in [3.05, 3.63) is 12.0 Å². The zero-order chi connectivity index (χ0) is 12.4. The van der Waals surface area contributed by atoms with E-state index in [0.29, 0.717) is 6.42 Å². The average molecular weight is 227 g/mol. The lowest BCUT2D eigenvalue weighted by molar-refractivity contribution is -0.122. The number of aliphatic hydroxyl groups is 1. The summed E-state index contributed by atoms with van der Waals surface area (Å²) in [5, 5.41) is 15.0. The van der Waals surface area contributed by atoms with Gasteiger partial charge in [0.15, 0.2) is 5.78 Å². The van der Waals surface area contributed by atoms with Gasteiger partial charge in [-0.15, -0.1) is 0 Å². The van der Waals surface area contributed by atoms with Crippen LogP contribution in [0, 0.1) is 0 Å². The van der Waals surface area contributed by atoms with Gasteiger partial charge >= 0.3 is 0 Å². The van der Waals surface area contributed by atoms with E-state index >= 15 is 0 Å². The van der Waals surface area contributed by atoms with E-state index in [4.69, 9.17) is 5.11 Å². The first-order valence-electron chi connectivity index (χ1n) is 5.00. The minimum atomic E-state index is -0.250. The summed E-state index contributed by atoms with van der Waals surface area (Å²) in [6.45, 7) is 1.78. The van der Waals surface area contributed by atoms with Gasteiger partial charge < -0.3 is 10.4 Å². The third kappa shape index (κ3) is 7.54. The second-order valence-corrected chi connectivity index (χ2v) is 3.02. The second kappa shape index (κ2) is 8.46. The fourth-order valence-corrected chi connectivity index (χ4v) is 0.749. The van der Waals surface area contributed by atoms with Gasteiger partial charge in [0.05, 0.1) is 12.4 Å². The summed E-state index contributed by atoms with van der Waals surface area (Å²) in [6, 6.07) is 0. The van der Waals surface area contributed by atoms with Gasteiger partial charge in [0.2, 0.25) is 5.91 Å². The molecule has 90 valence electrons. The van der Waals surface area contributed by atoms with Crippen LogP contribution in [0.2, 0.25) is 0 Å². The summed E-state index contributed by atoms with van der Waals surface area (Å²) in [5.41, 5.74) is 2.40. The third-order valence-electron chi connectivity index (χ3n) is 1.75. The number of ketones is 1. The maximum Gasteiger partial charge on any atom is 0.220 e. The highest BCUT2D eigenvalue weighted by atomic mass is 16.3. The Labute approximate surface area is 94.4 Å². The smallest absolute Gasteiger partial charge is 0.220 e. The molecule has 0 saturated carbocycles. The third-order valence-corrected chi connectivity index (χ3v) is 1.75. The summed E-state index contributed by atoms with van der Waals surface area (Å²) in [5.74, 6) is -0.284. The molecule has 0 fully saturated rings. The van der Waals surface area contributed by atoms with Crippen molar-refractivity contribution in [2.24, 2.45) is 5.10 Å². The number of hydrazone groups is 1. The molecule has 0 aliphatic heterocycles. The van der Waals surface area contributed by atoms with Crippen molar-refractivity contribution < 1.29 is 14.7 Å². The van der Waals surface area contributed by atoms with Gasteiger partial charge in [-0.25, -0.2) is 0 Å². The Bertz CT molecular complexity index is 298. The summed E-state index contributed by atoms with van der Waals surface area (Å²) in [4.78, 5) is 21.9. The second-order valence-electron chi connectivity index (χ2n) is 3.02. The molecule has 0 aliphatic rings. The molecule has 0 spiro atoms. The number of hydrogen-bond donors (Lipinski definition) is 3. The summed E-state index contributed by atoms with van der Waals surface area (Å²) >= 11 is 0. The molecule has 0 rings (SSSR count). The molecule has 0 aromatic carbocycles. The number of Topliss-reactive ketones (excluding diaryl/α,β-unsaturated/α-hetero) is 1. The van der Waals surface area contributed by atoms with Gasteiger partial charge in [-0.1, -0.05) is 6.92 Å². The van der Waals surface area contributed by atoms with Crippen LogP contribution < -0.4 is 10.7 Å². The number of aliphatic hydroxyl groups excluding tert-OH is 1. The van der Waals surface area contributed by atoms with Gasteiger partial charge in [0.25, 0.3) is 0 Å². The Hall–Kier alpha value is -1.85. The summed E-state index contributed by atoms with van der Waals surface area (Å²) in [6.07, 6.45) is 3.14. The molecule has 0 bridgehead atoms. The Balaban J connectivity index is 3.79. The number of carbonyl (C=O) groups excluding carboxylic acids is 2. The van der Waals surface area contributed by atoms with Crippen molar-refractivity contribution in [2.75, 3.05) is 7.05 Å². The van der Waals surface area contributed by atoms with Crippen LogP contribution in [-0.4, -0.2) is 30.1 Å². The Morgan fingerprint density at radius 2 is 2.06 bits per heavy atom. The first-order valence-corrected chi connectivity index (χ1v) is 5.00. The minimum absolute atomic E-state index is 0.119. The number of allylic oxidation sites excluding steroid dienone is 1. The van der Waals surface area contributed by atoms with Crippen molar-refractivity contribution in [3.63, 3.8) is 0 Å². The maximum absolute atomic E-state index is 11.1. The molecule has 0 heterocycles. The summed E-state index contributed by atoms with van der Waals surface area (Å²) in [7, 11) is 1.51. The number of amides is 1. The van der Waals surface area contributed by atoms with Crippen molar-refractivity contribution in [2.45, 2.75) is 26.2 Å². The molecule has 0 unspecified atom stereocenters. The van der Waals surface area contributed by atoms with Gasteiger partial charge in [-0.3, -0.25) is 15.0 Å². The fraction of sp³-hybridized carbons (Fsp3) is 0.500. The topological polar surface area (TPSA) is 90.8 Å². The maximum atomic E-state index is 11.1. The standard InChI is InChI=1S/C10H17N3O3/c1-3-8(14)6-12-13-7-9(15)4-5-10(16)11-2/h6-7,12,14H,3-5H2,1-2H3,(H,11,16). The zero-order valence-electron chi connectivity index (χ0n) is 9.49. The van der Waals surface area contributed by atoms with Crippen LogP contribution in [0.4, 0.5) is 0 Å². The molecule has 6 nitrogen and oxygen atoms in total. The number of carbonyl (C=O) groups is 2. The van der Waals surface area contributed by atoms with Crippen LogP contribution in [0.15, 0.2) is 17.1 Å². The molecule has 0 atom stereocenters. The molecular formula is C10H17N3O3. The molecule has 6 heteroatoms. The monoisotopic (exact) mass is 227 g/mol. The molecule has 0 radical (unpaired) electrons. The molecule has 0 aromatic rings. The number of nitrogens with zero attached hydrogens (tertiary/aromatic N) is 1. The minimum Gasteiger partial charge on any atom is -0.511 e. The molecule has 1 amide bonds. The largest absolute Gasteiger partial charge is 0.511 e. The Morgan fingerprint density at radius 1 is 1.38 bits per heavy atom. The normalized spacial score (nSPS) is 11.5. The van der Waals surface area contributed by atoms with Crippen LogP contribution in [0.25, 0.3) is 0 Å². The van der Waals surface area contributed by atoms with E-state index in [0.717, 1.165) is 6.21 Å². The van der Waals surface area contributed by atoms with Crippen LogP contribution in [-0.2, 0) is 9.59 Å². The number of rotatable bonds is 7. The van der Waals surface area contributed by atoms with Gasteiger partial charge in [-0.05, 0) is 0 Å². The van der Waals surface area contributed by atoms with E-state index in [9.17, 15) is 9.59 Å². The van der Waals surface area contributed by atoms with E-state index in [1.54, 1.807) is 6.92 Å². The van der Waals surface area contributed by atoms with Crippen LogP contribution in [0.3, 0.4) is 0 Å². The van der Waals surface area contributed by atoms with Gasteiger partial charge in [-0.2, -0.15) is 5.10 Å². The van der Waals surface area contributed by atoms with Crippen LogP contribution in [0.1, 0.15) is 26.2 Å². The molecular weight excluding hydrogens is 210 g/mol. The average Bonchev–Trinajstić information content (AvgIpc) is 2.31. The Morgan fingerprint density at radius 3 is 2.62 bits per heavy atom. The highest BCUT2D eigenvalue weighted by Crippen LogP contribution is 1.91. The predicted molar refractivity (Wildman–Crippen MR) is 60.9 cm³/mol. The summed E-state index contributed by atoms with van der Waals surface area (Å²) < 4.78 is 0. The van der Waals surface area contributed by atoms with E-state index in [1.807, 2.05) is 0 Å². The highest BCUT2D eigenvalue weighted by molar-refractivity contribution is 6.27. The van der Waals surface area contributed by atoms with Crippen LogP contribution in [0.5, 0.6) is 0 Å². The quantitative estimate of drug-likeness (QED) is 0.335. The molecule has 3 N–H and O–H groups in total. The van der Waals surface area contributed by atoms with E-state index in [2.05, 4.69) is 15.8 Å². The first kappa shape index (κ1) is 14.2. The van der Waals surface area contributed by atoms with Crippen molar-refractivity contribution in [1.82, 2.24) is 10.7 Å². The lowest BCUT2D eigenvalue weighted by Gasteiger charge is -1.96. The molecule has 16 heavy (non-hydrogen) atoms. The molecule has 0 aromatic heterocycles.